The number of carbonyl (C=O) groups is 1. The quantitative estimate of drug-likeness (QED) is 0.790. The van der Waals surface area contributed by atoms with E-state index in [4.69, 9.17) is 5.11 Å². The first kappa shape index (κ1) is 12.2. The molecule has 3 aromatic rings. The van der Waals surface area contributed by atoms with Gasteiger partial charge < -0.3 is 5.11 Å². The van der Waals surface area contributed by atoms with E-state index >= 15 is 0 Å². The molecule has 0 radical (unpaired) electrons. The van der Waals surface area contributed by atoms with Gasteiger partial charge >= 0.3 is 5.97 Å². The highest BCUT2D eigenvalue weighted by molar-refractivity contribution is 5.88. The number of nitrogens with zero attached hydrogens (tertiary/aromatic N) is 2. The van der Waals surface area contributed by atoms with Gasteiger partial charge in [-0.1, -0.05) is 36.4 Å². The maximum Gasteiger partial charge on any atom is 0.335 e. The maximum absolute atomic E-state index is 11.0. The van der Waals surface area contributed by atoms with Gasteiger partial charge in [0, 0.05) is 5.56 Å². The summed E-state index contributed by atoms with van der Waals surface area (Å²) in [6, 6.07) is 18.5. The summed E-state index contributed by atoms with van der Waals surface area (Å²) in [5, 5.41) is 13.4. The lowest BCUT2D eigenvalue weighted by Gasteiger charge is -2.08. The number of aromatic carboxylic acids is 1. The minimum absolute atomic E-state index is 0.247. The number of carboxylic acids is 1. The standard InChI is InChI=1S/C16H12N2O2/c19-16(20)13-7-4-8-14(11-13)18-15(9-10-17-18)12-5-2-1-3-6-12/h1-11H,(H,19,20). The van der Waals surface area contributed by atoms with Gasteiger partial charge in [0.1, 0.15) is 0 Å². The van der Waals surface area contributed by atoms with Crippen molar-refractivity contribution in [1.29, 1.82) is 0 Å². The Morgan fingerprint density at radius 1 is 1.00 bits per heavy atom. The molecule has 0 saturated carbocycles. The highest BCUT2D eigenvalue weighted by atomic mass is 16.4. The van der Waals surface area contributed by atoms with Crippen molar-refractivity contribution in [2.45, 2.75) is 0 Å². The number of hydrogen-bond donors (Lipinski definition) is 1. The molecule has 0 aliphatic rings. The zero-order valence-corrected chi connectivity index (χ0v) is 10.6. The van der Waals surface area contributed by atoms with Gasteiger partial charge in [-0.25, -0.2) is 9.48 Å². The fraction of sp³-hybridized carbons (Fsp3) is 0. The minimum Gasteiger partial charge on any atom is -0.478 e. The second kappa shape index (κ2) is 5.01. The van der Waals surface area contributed by atoms with Crippen molar-refractivity contribution in [1.82, 2.24) is 9.78 Å². The molecule has 0 atom stereocenters. The van der Waals surface area contributed by atoms with Crippen LogP contribution in [0.15, 0.2) is 66.9 Å². The molecule has 0 aliphatic carbocycles. The largest absolute Gasteiger partial charge is 0.478 e. The Labute approximate surface area is 115 Å². The van der Waals surface area contributed by atoms with Crippen molar-refractivity contribution in [2.24, 2.45) is 0 Å². The van der Waals surface area contributed by atoms with Gasteiger partial charge in [0.15, 0.2) is 0 Å². The number of carboxylic acid groups (broad SMARTS) is 1. The van der Waals surface area contributed by atoms with Crippen molar-refractivity contribution in [3.8, 4) is 16.9 Å². The Hall–Kier alpha value is -2.88. The predicted octanol–water partition coefficient (Wildman–Crippen LogP) is 3.24. The summed E-state index contributed by atoms with van der Waals surface area (Å²) < 4.78 is 1.74. The van der Waals surface area contributed by atoms with Gasteiger partial charge in [-0.05, 0) is 24.3 Å². The smallest absolute Gasteiger partial charge is 0.335 e. The molecule has 98 valence electrons. The van der Waals surface area contributed by atoms with Crippen molar-refractivity contribution >= 4 is 5.97 Å². The van der Waals surface area contributed by atoms with Crippen molar-refractivity contribution in [3.05, 3.63) is 72.4 Å². The van der Waals surface area contributed by atoms with Gasteiger partial charge in [0.2, 0.25) is 0 Å². The molecule has 4 heteroatoms. The molecule has 0 spiro atoms. The van der Waals surface area contributed by atoms with Crippen LogP contribution >= 0.6 is 0 Å². The summed E-state index contributed by atoms with van der Waals surface area (Å²) >= 11 is 0. The predicted molar refractivity (Wildman–Crippen MR) is 76.0 cm³/mol. The number of rotatable bonds is 3. The molecule has 0 saturated heterocycles. The first-order chi connectivity index (χ1) is 9.75. The Morgan fingerprint density at radius 2 is 1.80 bits per heavy atom. The second-order valence-corrected chi connectivity index (χ2v) is 4.35. The molecule has 1 N–H and O–H groups in total. The van der Waals surface area contributed by atoms with Gasteiger partial charge in [0.25, 0.3) is 0 Å². The van der Waals surface area contributed by atoms with E-state index in [1.54, 1.807) is 29.1 Å². The Kier molecular flexibility index (Phi) is 3.05. The van der Waals surface area contributed by atoms with Crippen LogP contribution in [-0.2, 0) is 0 Å². The Balaban J connectivity index is 2.10. The van der Waals surface area contributed by atoms with Crippen LogP contribution < -0.4 is 0 Å². The SMILES string of the molecule is O=C(O)c1cccc(-n2nccc2-c2ccccc2)c1. The fourth-order valence-corrected chi connectivity index (χ4v) is 2.11. The molecule has 0 bridgehead atoms. The van der Waals surface area contributed by atoms with E-state index in [-0.39, 0.29) is 5.56 Å². The zero-order valence-electron chi connectivity index (χ0n) is 10.6. The highest BCUT2D eigenvalue weighted by Crippen LogP contribution is 2.22. The van der Waals surface area contributed by atoms with Gasteiger partial charge in [-0.3, -0.25) is 0 Å². The second-order valence-electron chi connectivity index (χ2n) is 4.35. The molecule has 1 heterocycles. The lowest BCUT2D eigenvalue weighted by Crippen LogP contribution is -2.02. The number of hydrogen-bond acceptors (Lipinski definition) is 2. The van der Waals surface area contributed by atoms with Crippen LogP contribution in [0.2, 0.25) is 0 Å². The van der Waals surface area contributed by atoms with E-state index in [0.29, 0.717) is 0 Å². The maximum atomic E-state index is 11.0. The van der Waals surface area contributed by atoms with E-state index in [1.807, 2.05) is 42.5 Å². The summed E-state index contributed by atoms with van der Waals surface area (Å²) in [6.07, 6.45) is 1.70. The molecule has 2 aromatic carbocycles. The van der Waals surface area contributed by atoms with Crippen LogP contribution in [0, 0.1) is 0 Å². The highest BCUT2D eigenvalue weighted by Gasteiger charge is 2.09. The molecular formula is C16H12N2O2. The zero-order chi connectivity index (χ0) is 13.9. The average molecular weight is 264 g/mol. The van der Waals surface area contributed by atoms with Crippen molar-refractivity contribution < 1.29 is 9.90 Å². The van der Waals surface area contributed by atoms with Crippen LogP contribution in [-0.4, -0.2) is 20.9 Å². The van der Waals surface area contributed by atoms with Crippen molar-refractivity contribution in [3.63, 3.8) is 0 Å². The molecule has 4 nitrogen and oxygen atoms in total. The monoisotopic (exact) mass is 264 g/mol. The van der Waals surface area contributed by atoms with Gasteiger partial charge in [-0.2, -0.15) is 5.10 Å². The normalized spacial score (nSPS) is 10.4. The average Bonchev–Trinajstić information content (AvgIpc) is 2.98. The number of aromatic nitrogens is 2. The van der Waals surface area contributed by atoms with E-state index in [9.17, 15) is 4.79 Å². The first-order valence-corrected chi connectivity index (χ1v) is 6.19. The van der Waals surface area contributed by atoms with Crippen LogP contribution in [0.25, 0.3) is 16.9 Å². The fourth-order valence-electron chi connectivity index (χ4n) is 2.11. The van der Waals surface area contributed by atoms with E-state index < -0.39 is 5.97 Å². The third kappa shape index (κ3) is 2.19. The molecule has 0 unspecified atom stereocenters. The van der Waals surface area contributed by atoms with Gasteiger partial charge in [-0.15, -0.1) is 0 Å². The first-order valence-electron chi connectivity index (χ1n) is 6.19. The van der Waals surface area contributed by atoms with Gasteiger partial charge in [0.05, 0.1) is 23.1 Å². The van der Waals surface area contributed by atoms with E-state index in [0.717, 1.165) is 16.9 Å². The summed E-state index contributed by atoms with van der Waals surface area (Å²) in [5.74, 6) is -0.944. The minimum atomic E-state index is -0.944. The van der Waals surface area contributed by atoms with Crippen molar-refractivity contribution in [2.75, 3.05) is 0 Å². The van der Waals surface area contributed by atoms with Crippen LogP contribution in [0.5, 0.6) is 0 Å². The summed E-state index contributed by atoms with van der Waals surface area (Å²) in [5.41, 5.74) is 2.93. The molecular weight excluding hydrogens is 252 g/mol. The Morgan fingerprint density at radius 3 is 2.55 bits per heavy atom. The Bertz CT molecular complexity index is 748. The topological polar surface area (TPSA) is 55.1 Å². The third-order valence-electron chi connectivity index (χ3n) is 3.05. The summed E-state index contributed by atoms with van der Waals surface area (Å²) in [4.78, 5) is 11.0. The van der Waals surface area contributed by atoms with Crippen LogP contribution in [0.1, 0.15) is 10.4 Å². The number of benzene rings is 2. The van der Waals surface area contributed by atoms with Crippen LogP contribution in [0.3, 0.4) is 0 Å². The van der Waals surface area contributed by atoms with E-state index in [1.165, 1.54) is 0 Å². The third-order valence-corrected chi connectivity index (χ3v) is 3.05. The molecule has 0 aliphatic heterocycles. The molecule has 1 aromatic heterocycles. The molecule has 20 heavy (non-hydrogen) atoms. The van der Waals surface area contributed by atoms with E-state index in [2.05, 4.69) is 5.10 Å². The molecule has 0 fully saturated rings. The summed E-state index contributed by atoms with van der Waals surface area (Å²) in [6.45, 7) is 0. The lowest BCUT2D eigenvalue weighted by atomic mass is 10.1. The molecule has 0 amide bonds. The molecule has 3 rings (SSSR count). The van der Waals surface area contributed by atoms with Crippen LogP contribution in [0.4, 0.5) is 0 Å². The lowest BCUT2D eigenvalue weighted by molar-refractivity contribution is 0.0697. The summed E-state index contributed by atoms with van der Waals surface area (Å²) in [7, 11) is 0.